The van der Waals surface area contributed by atoms with Gasteiger partial charge < -0.3 is 9.80 Å². The van der Waals surface area contributed by atoms with Gasteiger partial charge in [0.15, 0.2) is 0 Å². The average Bonchev–Trinajstić information content (AvgIpc) is 3.61. The molecule has 2 saturated carbocycles. The smallest absolute Gasteiger partial charge is 0.252 e. The van der Waals surface area contributed by atoms with Crippen molar-refractivity contribution in [3.05, 3.63) is 151 Å². The van der Waals surface area contributed by atoms with E-state index in [-0.39, 0.29) is 23.0 Å². The predicted molar refractivity (Wildman–Crippen MR) is 206 cm³/mol. The maximum absolute atomic E-state index is 2.71. The Hall–Kier alpha value is -5.02. The van der Waals surface area contributed by atoms with Gasteiger partial charge in [-0.3, -0.25) is 0 Å². The first kappa shape index (κ1) is 27.9. The summed E-state index contributed by atoms with van der Waals surface area (Å²) in [6.45, 7) is 7.92. The molecule has 3 unspecified atom stereocenters. The highest BCUT2D eigenvalue weighted by Gasteiger charge is 2.71. The van der Waals surface area contributed by atoms with E-state index in [2.05, 4.69) is 170 Å². The van der Waals surface area contributed by atoms with Gasteiger partial charge >= 0.3 is 0 Å². The maximum Gasteiger partial charge on any atom is 0.252 e. The van der Waals surface area contributed by atoms with Gasteiger partial charge in [-0.15, -0.1) is 0 Å². The van der Waals surface area contributed by atoms with Crippen molar-refractivity contribution in [2.24, 2.45) is 16.7 Å². The van der Waals surface area contributed by atoms with Crippen LogP contribution >= 0.6 is 0 Å². The highest BCUT2D eigenvalue weighted by molar-refractivity contribution is 7.00. The number of hydrogen-bond donors (Lipinski definition) is 0. The van der Waals surface area contributed by atoms with Crippen LogP contribution in [-0.2, 0) is 5.41 Å². The van der Waals surface area contributed by atoms with E-state index in [0.717, 1.165) is 5.92 Å². The average molecular weight is 631 g/mol. The fourth-order valence-electron chi connectivity index (χ4n) is 11.6. The monoisotopic (exact) mass is 630 g/mol. The molecule has 6 aromatic carbocycles. The molecular weight excluding hydrogens is 591 g/mol. The van der Waals surface area contributed by atoms with Crippen LogP contribution in [0.1, 0.15) is 51.2 Å². The number of para-hydroxylation sites is 3. The van der Waals surface area contributed by atoms with Crippen molar-refractivity contribution in [2.75, 3.05) is 9.80 Å². The number of anilines is 6. The highest BCUT2D eigenvalue weighted by atomic mass is 15.2. The summed E-state index contributed by atoms with van der Waals surface area (Å²) in [6.07, 6.45) is 3.88. The molecule has 5 aliphatic rings. The van der Waals surface area contributed by atoms with Gasteiger partial charge in [-0.2, -0.15) is 0 Å². The standard InChI is InChI=1S/C46H39BN2/c1-44(2)30-25-26-45(44,3)46(29-30)35-20-11-10-19-33(35)34-27-42-38(28-36(34)46)47-37-21-12-13-22-39(37)48(31-15-6-4-7-16-31)40-23-14-24-41(43(40)47)49(42)32-17-8-5-9-18-32/h4-24,27-28,30H,25-26,29H2,1-3H3. The van der Waals surface area contributed by atoms with E-state index in [9.17, 15) is 0 Å². The number of benzene rings is 6. The Morgan fingerprint density at radius 3 is 1.84 bits per heavy atom. The van der Waals surface area contributed by atoms with Crippen LogP contribution < -0.4 is 26.2 Å². The van der Waals surface area contributed by atoms with Crippen LogP contribution in [0.5, 0.6) is 0 Å². The third kappa shape index (κ3) is 3.21. The summed E-state index contributed by atoms with van der Waals surface area (Å²) in [5.74, 6) is 0.732. The fourth-order valence-corrected chi connectivity index (χ4v) is 11.6. The normalized spacial score (nSPS) is 24.4. The van der Waals surface area contributed by atoms with Crippen LogP contribution in [0, 0.1) is 16.7 Å². The van der Waals surface area contributed by atoms with Crippen molar-refractivity contribution in [3.8, 4) is 11.1 Å². The topological polar surface area (TPSA) is 6.48 Å². The molecule has 236 valence electrons. The van der Waals surface area contributed by atoms with Crippen LogP contribution in [0.3, 0.4) is 0 Å². The summed E-state index contributed by atoms with van der Waals surface area (Å²) in [7, 11) is 0. The third-order valence-corrected chi connectivity index (χ3v) is 14.1. The van der Waals surface area contributed by atoms with Crippen LogP contribution in [-0.4, -0.2) is 6.71 Å². The van der Waals surface area contributed by atoms with E-state index in [4.69, 9.17) is 0 Å². The lowest BCUT2D eigenvalue weighted by Crippen LogP contribution is -2.61. The van der Waals surface area contributed by atoms with Gasteiger partial charge in [-0.25, -0.2) is 0 Å². The van der Waals surface area contributed by atoms with E-state index in [0.29, 0.717) is 0 Å². The lowest BCUT2D eigenvalue weighted by Gasteiger charge is -2.49. The van der Waals surface area contributed by atoms with E-state index in [1.807, 2.05) is 0 Å². The van der Waals surface area contributed by atoms with Crippen molar-refractivity contribution >= 4 is 57.2 Å². The molecule has 6 aromatic rings. The molecule has 2 bridgehead atoms. The number of nitrogens with zero attached hydrogens (tertiary/aromatic N) is 2. The van der Waals surface area contributed by atoms with E-state index in [1.54, 1.807) is 11.1 Å². The lowest BCUT2D eigenvalue weighted by molar-refractivity contribution is 0.0991. The third-order valence-electron chi connectivity index (χ3n) is 14.1. The molecule has 2 aliphatic heterocycles. The second kappa shape index (κ2) is 9.36. The Bertz CT molecular complexity index is 2350. The van der Waals surface area contributed by atoms with Gasteiger partial charge in [0.2, 0.25) is 0 Å². The van der Waals surface area contributed by atoms with Crippen LogP contribution in [0.15, 0.2) is 140 Å². The van der Waals surface area contributed by atoms with Crippen molar-refractivity contribution in [1.82, 2.24) is 0 Å². The summed E-state index contributed by atoms with van der Waals surface area (Å²) >= 11 is 0. The van der Waals surface area contributed by atoms with Gasteiger partial charge in [0.1, 0.15) is 0 Å². The molecule has 3 aliphatic carbocycles. The molecule has 0 radical (unpaired) electrons. The Morgan fingerprint density at radius 1 is 0.551 bits per heavy atom. The van der Waals surface area contributed by atoms with Gasteiger partial charge in [-0.1, -0.05) is 112 Å². The quantitative estimate of drug-likeness (QED) is 0.176. The molecule has 2 fully saturated rings. The van der Waals surface area contributed by atoms with Gasteiger partial charge in [0.25, 0.3) is 6.71 Å². The highest BCUT2D eigenvalue weighted by Crippen LogP contribution is 2.78. The largest absolute Gasteiger partial charge is 0.311 e. The number of rotatable bonds is 2. The first-order valence-corrected chi connectivity index (χ1v) is 18.1. The molecule has 3 atom stereocenters. The predicted octanol–water partition coefficient (Wildman–Crippen LogP) is 9.88. The van der Waals surface area contributed by atoms with Crippen LogP contribution in [0.25, 0.3) is 11.1 Å². The molecule has 2 nitrogen and oxygen atoms in total. The number of fused-ring (bicyclic) bond motifs is 12. The Kier molecular flexibility index (Phi) is 5.33. The molecule has 11 rings (SSSR count). The van der Waals surface area contributed by atoms with Gasteiger partial charge in [0.05, 0.1) is 0 Å². The summed E-state index contributed by atoms with van der Waals surface area (Å²) in [4.78, 5) is 5.05. The molecule has 0 aromatic heterocycles. The maximum atomic E-state index is 2.71. The van der Waals surface area contributed by atoms with Gasteiger partial charge in [0, 0.05) is 39.5 Å². The zero-order valence-corrected chi connectivity index (χ0v) is 28.4. The second-order valence-corrected chi connectivity index (χ2v) is 15.9. The first-order valence-electron chi connectivity index (χ1n) is 18.1. The van der Waals surface area contributed by atoms with E-state index >= 15 is 0 Å². The Labute approximate surface area is 290 Å². The molecule has 0 N–H and O–H groups in total. The molecule has 2 heterocycles. The van der Waals surface area contributed by atoms with Crippen LogP contribution in [0.4, 0.5) is 34.1 Å². The summed E-state index contributed by atoms with van der Waals surface area (Å²) < 4.78 is 0. The second-order valence-electron chi connectivity index (χ2n) is 15.9. The van der Waals surface area contributed by atoms with E-state index < -0.39 is 0 Å². The zero-order chi connectivity index (χ0) is 32.7. The molecule has 1 spiro atoms. The lowest BCUT2D eigenvalue weighted by atomic mass is 9.33. The molecule has 0 amide bonds. The molecular formula is C46H39BN2. The van der Waals surface area contributed by atoms with Crippen molar-refractivity contribution in [1.29, 1.82) is 0 Å². The Balaban J connectivity index is 1.25. The minimum absolute atomic E-state index is 0.0159. The molecule has 3 heteroatoms. The van der Waals surface area contributed by atoms with Gasteiger partial charge in [-0.05, 0) is 123 Å². The molecule has 49 heavy (non-hydrogen) atoms. The minimum atomic E-state index is 0.0159. The summed E-state index contributed by atoms with van der Waals surface area (Å²) in [5, 5.41) is 0. The molecule has 0 saturated heterocycles. The van der Waals surface area contributed by atoms with Crippen molar-refractivity contribution < 1.29 is 0 Å². The summed E-state index contributed by atoms with van der Waals surface area (Å²) in [6, 6.07) is 52.8. The summed E-state index contributed by atoms with van der Waals surface area (Å²) in [5.41, 5.74) is 18.2. The minimum Gasteiger partial charge on any atom is -0.311 e. The first-order chi connectivity index (χ1) is 23.9. The fraction of sp³-hybridized carbons (Fsp3) is 0.217. The van der Waals surface area contributed by atoms with Crippen molar-refractivity contribution in [2.45, 2.75) is 45.4 Å². The zero-order valence-electron chi connectivity index (χ0n) is 28.4. The number of hydrogen-bond acceptors (Lipinski definition) is 2. The van der Waals surface area contributed by atoms with Crippen molar-refractivity contribution in [3.63, 3.8) is 0 Å². The van der Waals surface area contributed by atoms with E-state index in [1.165, 1.54) is 80.9 Å². The SMILES string of the molecule is CC1(C)C2CCC1(C)C1(C2)c2ccccc2-c2cc3c(cc21)B1c2ccccc2N(c2ccccc2)c2cccc(c21)N3c1ccccc1. The Morgan fingerprint density at radius 2 is 1.16 bits per heavy atom. The van der Waals surface area contributed by atoms with Crippen LogP contribution in [0.2, 0.25) is 0 Å².